The normalized spacial score (nSPS) is 15.6. The number of likely N-dealkylation sites (N-methyl/N-ethyl adjacent to an activating group) is 1. The molecule has 1 atom stereocenters. The molecule has 7 nitrogen and oxygen atoms in total. The van der Waals surface area contributed by atoms with Gasteiger partial charge in [0.1, 0.15) is 13.2 Å². The van der Waals surface area contributed by atoms with Gasteiger partial charge in [-0.1, -0.05) is 0 Å². The average Bonchev–Trinajstić information content (AvgIpc) is 1.86. The molecule has 0 bridgehead atoms. The first kappa shape index (κ1) is 15.5. The van der Waals surface area contributed by atoms with E-state index in [9.17, 15) is 9.46 Å². The lowest BCUT2D eigenvalue weighted by atomic mass is 10.5. The van der Waals surface area contributed by atoms with Gasteiger partial charge >= 0.3 is 0 Å². The minimum Gasteiger partial charge on any atom is -0.756 e. The number of rotatable bonds is 4. The Labute approximate surface area is 77.5 Å². The minimum atomic E-state index is -4.51. The lowest BCUT2D eigenvalue weighted by Gasteiger charge is -2.25. The second kappa shape index (κ2) is 6.44. The summed E-state index contributed by atoms with van der Waals surface area (Å²) in [5.74, 6) is 3.50. The molecular weight excluding hydrogens is 199 g/mol. The van der Waals surface area contributed by atoms with E-state index in [1.54, 1.807) is 0 Å². The van der Waals surface area contributed by atoms with Crippen LogP contribution in [0.4, 0.5) is 0 Å². The van der Waals surface area contributed by atoms with E-state index in [0.29, 0.717) is 11.0 Å². The zero-order valence-corrected chi connectivity index (χ0v) is 8.90. The second-order valence-electron chi connectivity index (χ2n) is 3.32. The van der Waals surface area contributed by atoms with Crippen LogP contribution in [0.15, 0.2) is 0 Å². The second-order valence-corrected chi connectivity index (χ2v) is 4.51. The Hall–Kier alpha value is -0.0100. The number of phosphoric ester groups is 1. The fourth-order valence-corrected chi connectivity index (χ4v) is 0.742. The topological polar surface area (TPSA) is 116 Å². The first-order chi connectivity index (χ1) is 5.71. The summed E-state index contributed by atoms with van der Waals surface area (Å²) < 4.78 is 14.8. The van der Waals surface area contributed by atoms with Crippen LogP contribution in [0.25, 0.3) is 0 Å². The van der Waals surface area contributed by atoms with Gasteiger partial charge in [-0.25, -0.2) is 5.90 Å². The van der Waals surface area contributed by atoms with Gasteiger partial charge in [-0.3, -0.25) is 4.57 Å². The van der Waals surface area contributed by atoms with Crippen molar-refractivity contribution in [3.63, 3.8) is 0 Å². The number of hydrogen-bond donors (Lipinski definition) is 3. The maximum Gasteiger partial charge on any atom is 0.265 e. The fraction of sp³-hybridized carbons (Fsp3) is 1.00. The van der Waals surface area contributed by atoms with E-state index in [4.69, 9.17) is 10.1 Å². The lowest BCUT2D eigenvalue weighted by molar-refractivity contribution is -0.870. The molecular formula is C5H17N2O5P. The van der Waals surface area contributed by atoms with Crippen LogP contribution in [-0.2, 0) is 9.09 Å². The maximum absolute atomic E-state index is 10.1. The van der Waals surface area contributed by atoms with Gasteiger partial charge in [0.15, 0.2) is 0 Å². The molecule has 0 saturated heterocycles. The highest BCUT2D eigenvalue weighted by atomic mass is 31.2. The molecule has 1 unspecified atom stereocenters. The third kappa shape index (κ3) is 18.7. The van der Waals surface area contributed by atoms with Gasteiger partial charge in [-0.2, -0.15) is 0 Å². The third-order valence-electron chi connectivity index (χ3n) is 1.02. The summed E-state index contributed by atoms with van der Waals surface area (Å²) in [5.41, 5.74) is 0. The van der Waals surface area contributed by atoms with Crippen molar-refractivity contribution >= 4 is 7.82 Å². The van der Waals surface area contributed by atoms with Crippen LogP contribution in [-0.4, -0.2) is 48.9 Å². The predicted octanol–water partition coefficient (Wildman–Crippen LogP) is -1.50. The van der Waals surface area contributed by atoms with Crippen LogP contribution < -0.4 is 10.8 Å². The average molecular weight is 216 g/mol. The van der Waals surface area contributed by atoms with Crippen LogP contribution in [0.3, 0.4) is 0 Å². The molecule has 0 aromatic carbocycles. The summed E-state index contributed by atoms with van der Waals surface area (Å²) >= 11 is 0. The van der Waals surface area contributed by atoms with Crippen molar-refractivity contribution in [1.29, 1.82) is 0 Å². The molecule has 0 aliphatic rings. The number of hydrogen-bond acceptors (Lipinski definition) is 5. The molecule has 0 spiro atoms. The fourth-order valence-electron chi connectivity index (χ4n) is 0.430. The monoisotopic (exact) mass is 216 g/mol. The van der Waals surface area contributed by atoms with Crippen molar-refractivity contribution in [1.82, 2.24) is 0 Å². The summed E-state index contributed by atoms with van der Waals surface area (Å²) in [6, 6.07) is 0. The van der Waals surface area contributed by atoms with Gasteiger partial charge in [0.25, 0.3) is 7.82 Å². The zero-order chi connectivity index (χ0) is 11.1. The summed E-state index contributed by atoms with van der Waals surface area (Å²) in [7, 11) is 1.19. The largest absolute Gasteiger partial charge is 0.756 e. The van der Waals surface area contributed by atoms with Crippen molar-refractivity contribution < 1.29 is 28.6 Å². The van der Waals surface area contributed by atoms with Crippen LogP contribution >= 0.6 is 7.82 Å². The summed E-state index contributed by atoms with van der Waals surface area (Å²) in [5, 5.41) is 6.50. The summed E-state index contributed by atoms with van der Waals surface area (Å²) in [6.07, 6.45) is 0. The molecule has 0 aromatic heterocycles. The van der Waals surface area contributed by atoms with E-state index in [-0.39, 0.29) is 6.61 Å². The molecule has 0 saturated carbocycles. The van der Waals surface area contributed by atoms with Gasteiger partial charge in [-0.05, 0) is 0 Å². The van der Waals surface area contributed by atoms with Crippen molar-refractivity contribution in [2.75, 3.05) is 34.3 Å². The van der Waals surface area contributed by atoms with Gasteiger partial charge < -0.3 is 24.0 Å². The highest BCUT2D eigenvalue weighted by molar-refractivity contribution is 7.44. The van der Waals surface area contributed by atoms with E-state index in [1.165, 1.54) is 0 Å². The molecule has 0 aromatic rings. The Balaban J connectivity index is 0. The zero-order valence-electron chi connectivity index (χ0n) is 8.01. The van der Waals surface area contributed by atoms with Crippen molar-refractivity contribution in [3.8, 4) is 0 Å². The van der Waals surface area contributed by atoms with E-state index in [1.807, 2.05) is 21.1 Å². The first-order valence-corrected chi connectivity index (χ1v) is 4.95. The summed E-state index contributed by atoms with van der Waals surface area (Å²) in [6.45, 7) is 0.549. The smallest absolute Gasteiger partial charge is 0.265 e. The molecule has 0 rings (SSSR count). The molecule has 0 fully saturated rings. The van der Waals surface area contributed by atoms with Crippen molar-refractivity contribution in [3.05, 3.63) is 0 Å². The van der Waals surface area contributed by atoms with Crippen LogP contribution in [0.2, 0.25) is 0 Å². The molecule has 0 amide bonds. The molecule has 0 aliphatic carbocycles. The maximum atomic E-state index is 10.1. The van der Waals surface area contributed by atoms with Crippen molar-refractivity contribution in [2.45, 2.75) is 0 Å². The molecule has 8 heteroatoms. The van der Waals surface area contributed by atoms with E-state index in [0.717, 1.165) is 0 Å². The van der Waals surface area contributed by atoms with E-state index in [2.05, 4.69) is 10.4 Å². The molecule has 0 radical (unpaired) electrons. The van der Waals surface area contributed by atoms with Gasteiger partial charge in [0, 0.05) is 0 Å². The molecule has 0 aliphatic heterocycles. The Morgan fingerprint density at radius 2 is 1.85 bits per heavy atom. The van der Waals surface area contributed by atoms with Crippen LogP contribution in [0.1, 0.15) is 0 Å². The number of nitrogens with two attached hydrogens (primary N) is 1. The van der Waals surface area contributed by atoms with Gasteiger partial charge in [0.2, 0.25) is 0 Å². The highest BCUT2D eigenvalue weighted by Gasteiger charge is 2.08. The first-order valence-electron chi connectivity index (χ1n) is 3.45. The van der Waals surface area contributed by atoms with Gasteiger partial charge in [-0.15, -0.1) is 0 Å². The van der Waals surface area contributed by atoms with E-state index < -0.39 is 7.82 Å². The van der Waals surface area contributed by atoms with Crippen LogP contribution in [0, 0.1) is 0 Å². The quantitative estimate of drug-likeness (QED) is 0.299. The minimum absolute atomic E-state index is 0.0147. The van der Waals surface area contributed by atoms with E-state index >= 15 is 0 Å². The third-order valence-corrected chi connectivity index (χ3v) is 1.53. The number of quaternary nitrogens is 1. The van der Waals surface area contributed by atoms with Crippen molar-refractivity contribution in [2.24, 2.45) is 5.90 Å². The van der Waals surface area contributed by atoms with Gasteiger partial charge in [0.05, 0.1) is 21.1 Å². The Morgan fingerprint density at radius 1 is 1.46 bits per heavy atom. The number of nitrogens with zero attached hydrogens (tertiary/aromatic N) is 1. The van der Waals surface area contributed by atoms with Crippen LogP contribution in [0.5, 0.6) is 0 Å². The molecule has 82 valence electrons. The molecule has 13 heavy (non-hydrogen) atoms. The summed E-state index contributed by atoms with van der Waals surface area (Å²) in [4.78, 5) is 18.3. The molecule has 4 N–H and O–H groups in total. The number of phosphoric acid groups is 1. The Morgan fingerprint density at radius 3 is 2.08 bits per heavy atom. The lowest BCUT2D eigenvalue weighted by Crippen LogP contribution is -2.37. The standard InChI is InChI=1S/C5H14NO4P.H3NO/c1-6(2,3)4-5-10-11(7,8)9;1-2/h4-5H2,1-3H3,(H-,7,8,9);2H,1H2. The molecule has 0 heterocycles. The Bertz CT molecular complexity index is 163. The predicted molar refractivity (Wildman–Crippen MR) is 44.7 cm³/mol. The highest BCUT2D eigenvalue weighted by Crippen LogP contribution is 2.29. The Kier molecular flexibility index (Phi) is 7.67. The SMILES string of the molecule is C[N+](C)(C)CCOP(=O)([O-])O.NO.